The molecule has 0 unspecified atom stereocenters. The van der Waals surface area contributed by atoms with Gasteiger partial charge in [-0.15, -0.1) is 22.7 Å². The zero-order valence-electron chi connectivity index (χ0n) is 9.97. The molecule has 19 heavy (non-hydrogen) atoms. The molecule has 2 aromatic rings. The Morgan fingerprint density at radius 1 is 1.47 bits per heavy atom. The highest BCUT2D eigenvalue weighted by Crippen LogP contribution is 2.34. The van der Waals surface area contributed by atoms with E-state index < -0.39 is 0 Å². The summed E-state index contributed by atoms with van der Waals surface area (Å²) in [6.45, 7) is 1.87. The standard InChI is InChI=1S/C12H11BrN2O2S2/c13-8-2-6-18-11(8)9-7-19-10(14-9)1-3-15-4-5-17-12(15)16/h2,6-7H,1,3-5H2. The fourth-order valence-corrected chi connectivity index (χ4v) is 4.26. The van der Waals surface area contributed by atoms with Gasteiger partial charge >= 0.3 is 6.09 Å². The van der Waals surface area contributed by atoms with E-state index in [0.29, 0.717) is 19.7 Å². The van der Waals surface area contributed by atoms with Crippen molar-refractivity contribution >= 4 is 44.7 Å². The molecule has 0 bridgehead atoms. The van der Waals surface area contributed by atoms with E-state index in [9.17, 15) is 4.79 Å². The van der Waals surface area contributed by atoms with Crippen molar-refractivity contribution in [3.8, 4) is 10.6 Å². The van der Waals surface area contributed by atoms with Crippen molar-refractivity contribution in [3.05, 3.63) is 26.3 Å². The monoisotopic (exact) mass is 358 g/mol. The molecule has 3 heterocycles. The molecule has 1 aliphatic heterocycles. The van der Waals surface area contributed by atoms with E-state index in [1.165, 1.54) is 0 Å². The smallest absolute Gasteiger partial charge is 0.409 e. The van der Waals surface area contributed by atoms with E-state index in [2.05, 4.69) is 26.3 Å². The number of hydrogen-bond acceptors (Lipinski definition) is 5. The summed E-state index contributed by atoms with van der Waals surface area (Å²) in [5, 5.41) is 5.15. The summed E-state index contributed by atoms with van der Waals surface area (Å²) in [6, 6.07) is 2.03. The van der Waals surface area contributed by atoms with E-state index >= 15 is 0 Å². The summed E-state index contributed by atoms with van der Waals surface area (Å²) in [5.74, 6) is 0. The average molecular weight is 359 g/mol. The third-order valence-electron chi connectivity index (χ3n) is 2.84. The van der Waals surface area contributed by atoms with Gasteiger partial charge < -0.3 is 9.64 Å². The van der Waals surface area contributed by atoms with Gasteiger partial charge in [0.1, 0.15) is 6.61 Å². The number of aromatic nitrogens is 1. The molecule has 0 atom stereocenters. The van der Waals surface area contributed by atoms with Gasteiger partial charge in [-0.2, -0.15) is 0 Å². The van der Waals surface area contributed by atoms with Crippen LogP contribution in [-0.4, -0.2) is 35.7 Å². The molecule has 1 aliphatic rings. The lowest BCUT2D eigenvalue weighted by Gasteiger charge is -2.10. The number of amides is 1. The Hall–Kier alpha value is -0.920. The quantitative estimate of drug-likeness (QED) is 0.837. The van der Waals surface area contributed by atoms with E-state index in [1.54, 1.807) is 27.6 Å². The minimum Gasteiger partial charge on any atom is -0.448 e. The molecule has 3 rings (SSSR count). The van der Waals surface area contributed by atoms with Crippen LogP contribution in [0.25, 0.3) is 10.6 Å². The Morgan fingerprint density at radius 2 is 2.37 bits per heavy atom. The second-order valence-corrected chi connectivity index (χ2v) is 6.79. The Balaban J connectivity index is 1.65. The van der Waals surface area contributed by atoms with Gasteiger partial charge in [0.15, 0.2) is 0 Å². The molecule has 1 fully saturated rings. The first kappa shape index (κ1) is 13.1. The Kier molecular flexibility index (Phi) is 3.86. The van der Waals surface area contributed by atoms with E-state index in [0.717, 1.165) is 26.5 Å². The summed E-state index contributed by atoms with van der Waals surface area (Å²) < 4.78 is 5.98. The molecular weight excluding hydrogens is 348 g/mol. The van der Waals surface area contributed by atoms with Gasteiger partial charge in [-0.1, -0.05) is 0 Å². The molecule has 1 saturated heterocycles. The van der Waals surface area contributed by atoms with Crippen LogP contribution in [0.4, 0.5) is 4.79 Å². The molecule has 1 amide bonds. The molecule has 100 valence electrons. The predicted molar refractivity (Wildman–Crippen MR) is 79.8 cm³/mol. The molecule has 0 spiro atoms. The number of carbonyl (C=O) groups is 1. The number of hydrogen-bond donors (Lipinski definition) is 0. The van der Waals surface area contributed by atoms with Gasteiger partial charge in [-0.3, -0.25) is 0 Å². The van der Waals surface area contributed by atoms with Gasteiger partial charge in [-0.25, -0.2) is 9.78 Å². The van der Waals surface area contributed by atoms with Crippen LogP contribution in [0.5, 0.6) is 0 Å². The minimum atomic E-state index is -0.210. The van der Waals surface area contributed by atoms with Crippen LogP contribution in [0.2, 0.25) is 0 Å². The van der Waals surface area contributed by atoms with Crippen molar-refractivity contribution in [1.82, 2.24) is 9.88 Å². The fraction of sp³-hybridized carbons (Fsp3) is 0.333. The van der Waals surface area contributed by atoms with Crippen LogP contribution in [0.1, 0.15) is 5.01 Å². The van der Waals surface area contributed by atoms with Crippen molar-refractivity contribution in [2.75, 3.05) is 19.7 Å². The lowest BCUT2D eigenvalue weighted by Crippen LogP contribution is -2.26. The maximum Gasteiger partial charge on any atom is 0.409 e. The van der Waals surface area contributed by atoms with Crippen LogP contribution in [0, 0.1) is 0 Å². The van der Waals surface area contributed by atoms with Crippen molar-refractivity contribution < 1.29 is 9.53 Å². The van der Waals surface area contributed by atoms with Crippen molar-refractivity contribution in [2.24, 2.45) is 0 Å². The Labute approximate surface area is 127 Å². The molecule has 4 nitrogen and oxygen atoms in total. The van der Waals surface area contributed by atoms with Crippen LogP contribution >= 0.6 is 38.6 Å². The number of cyclic esters (lactones) is 1. The van der Waals surface area contributed by atoms with E-state index in [1.807, 2.05) is 11.4 Å². The van der Waals surface area contributed by atoms with Gasteiger partial charge in [0.2, 0.25) is 0 Å². The number of ether oxygens (including phenoxy) is 1. The summed E-state index contributed by atoms with van der Waals surface area (Å²) in [7, 11) is 0. The molecule has 2 aromatic heterocycles. The molecule has 0 N–H and O–H groups in total. The van der Waals surface area contributed by atoms with Gasteiger partial charge in [0.25, 0.3) is 0 Å². The number of rotatable bonds is 4. The number of halogens is 1. The third-order valence-corrected chi connectivity index (χ3v) is 5.61. The lowest BCUT2D eigenvalue weighted by molar-refractivity contribution is 0.159. The minimum absolute atomic E-state index is 0.210. The maximum absolute atomic E-state index is 11.3. The number of nitrogens with zero attached hydrogens (tertiary/aromatic N) is 2. The first-order chi connectivity index (χ1) is 9.24. The Bertz CT molecular complexity index is 596. The van der Waals surface area contributed by atoms with Gasteiger partial charge in [0.05, 0.1) is 22.1 Å². The number of thiazole rings is 1. The summed E-state index contributed by atoms with van der Waals surface area (Å²) in [5.41, 5.74) is 1.01. The zero-order chi connectivity index (χ0) is 13.2. The molecule has 0 saturated carbocycles. The topological polar surface area (TPSA) is 42.4 Å². The van der Waals surface area contributed by atoms with E-state index in [-0.39, 0.29) is 6.09 Å². The largest absolute Gasteiger partial charge is 0.448 e. The lowest BCUT2D eigenvalue weighted by atomic mass is 10.3. The van der Waals surface area contributed by atoms with Crippen LogP contribution in [0.3, 0.4) is 0 Å². The number of carbonyl (C=O) groups excluding carboxylic acids is 1. The molecule has 0 aromatic carbocycles. The third kappa shape index (κ3) is 2.82. The molecule has 7 heteroatoms. The van der Waals surface area contributed by atoms with Crippen molar-refractivity contribution in [3.63, 3.8) is 0 Å². The second kappa shape index (κ2) is 5.60. The Morgan fingerprint density at radius 3 is 3.05 bits per heavy atom. The highest BCUT2D eigenvalue weighted by molar-refractivity contribution is 9.10. The maximum atomic E-state index is 11.3. The molecule has 0 aliphatic carbocycles. The van der Waals surface area contributed by atoms with Crippen LogP contribution in [-0.2, 0) is 11.2 Å². The van der Waals surface area contributed by atoms with Gasteiger partial charge in [0, 0.05) is 22.8 Å². The molecular formula is C12H11BrN2O2S2. The highest BCUT2D eigenvalue weighted by atomic mass is 79.9. The fourth-order valence-electron chi connectivity index (χ4n) is 1.87. The van der Waals surface area contributed by atoms with Crippen molar-refractivity contribution in [1.29, 1.82) is 0 Å². The average Bonchev–Trinajstić information content (AvgIpc) is 3.08. The highest BCUT2D eigenvalue weighted by Gasteiger charge is 2.21. The second-order valence-electron chi connectivity index (χ2n) is 4.08. The summed E-state index contributed by atoms with van der Waals surface area (Å²) in [4.78, 5) is 18.8. The van der Waals surface area contributed by atoms with Crippen molar-refractivity contribution in [2.45, 2.75) is 6.42 Å². The SMILES string of the molecule is O=C1OCCN1CCc1nc(-c2sccc2Br)cs1. The first-order valence-corrected chi connectivity index (χ1v) is 8.39. The molecule has 0 radical (unpaired) electrons. The van der Waals surface area contributed by atoms with Gasteiger partial charge in [-0.05, 0) is 27.4 Å². The van der Waals surface area contributed by atoms with Crippen LogP contribution in [0.15, 0.2) is 21.3 Å². The summed E-state index contributed by atoms with van der Waals surface area (Å²) in [6.07, 6.45) is 0.570. The first-order valence-electron chi connectivity index (χ1n) is 5.83. The number of thiophene rings is 1. The van der Waals surface area contributed by atoms with Crippen LogP contribution < -0.4 is 0 Å². The van der Waals surface area contributed by atoms with E-state index in [4.69, 9.17) is 4.74 Å². The summed E-state index contributed by atoms with van der Waals surface area (Å²) >= 11 is 6.83. The normalized spacial score (nSPS) is 15.0. The zero-order valence-corrected chi connectivity index (χ0v) is 13.2. The predicted octanol–water partition coefficient (Wildman–Crippen LogP) is 3.63.